The molecule has 0 aliphatic carbocycles. The maximum atomic E-state index is 9.92. The molecule has 0 aromatic heterocycles. The van der Waals surface area contributed by atoms with Gasteiger partial charge in [0.2, 0.25) is 0 Å². The van der Waals surface area contributed by atoms with Crippen molar-refractivity contribution in [3.05, 3.63) is 35.9 Å². The third kappa shape index (κ3) is 3.15. The van der Waals surface area contributed by atoms with Crippen LogP contribution in [0.15, 0.2) is 30.3 Å². The van der Waals surface area contributed by atoms with Crippen molar-refractivity contribution in [2.75, 3.05) is 39.3 Å². The van der Waals surface area contributed by atoms with Crippen LogP contribution in [0.25, 0.3) is 0 Å². The van der Waals surface area contributed by atoms with Crippen LogP contribution in [0.2, 0.25) is 0 Å². The van der Waals surface area contributed by atoms with Crippen molar-refractivity contribution in [1.29, 1.82) is 0 Å². The van der Waals surface area contributed by atoms with E-state index in [-0.39, 0.29) is 6.10 Å². The molecule has 3 rings (SSSR count). The third-order valence-electron chi connectivity index (χ3n) is 4.28. The lowest BCUT2D eigenvalue weighted by Gasteiger charge is -2.38. The fourth-order valence-electron chi connectivity index (χ4n) is 3.12. The van der Waals surface area contributed by atoms with E-state index >= 15 is 0 Å². The van der Waals surface area contributed by atoms with Crippen LogP contribution >= 0.6 is 0 Å². The number of nitrogens with one attached hydrogen (secondary N) is 1. The van der Waals surface area contributed by atoms with E-state index in [1.165, 1.54) is 5.56 Å². The molecule has 1 aromatic carbocycles. The Morgan fingerprint density at radius 3 is 2.42 bits per heavy atom. The molecule has 2 fully saturated rings. The van der Waals surface area contributed by atoms with Crippen molar-refractivity contribution in [3.8, 4) is 0 Å². The standard InChI is InChI=1S/C15H23N3O/c19-15-11-16-10-14(15)18-8-6-17(7-9-18)12-13-4-2-1-3-5-13/h1-5,14-16,19H,6-12H2/t14?,15-/m1/s1. The van der Waals surface area contributed by atoms with E-state index in [4.69, 9.17) is 0 Å². The minimum atomic E-state index is -0.194. The largest absolute Gasteiger partial charge is 0.390 e. The van der Waals surface area contributed by atoms with Crippen molar-refractivity contribution in [1.82, 2.24) is 15.1 Å². The Balaban J connectivity index is 1.49. The summed E-state index contributed by atoms with van der Waals surface area (Å²) >= 11 is 0. The van der Waals surface area contributed by atoms with Crippen LogP contribution < -0.4 is 5.32 Å². The predicted molar refractivity (Wildman–Crippen MR) is 76.0 cm³/mol. The van der Waals surface area contributed by atoms with Gasteiger partial charge in [-0.1, -0.05) is 30.3 Å². The number of piperazine rings is 1. The number of benzene rings is 1. The number of β-amino-alcohol motifs (C(OH)–C–C–N with tert-alkyl or cyclic N) is 1. The molecule has 0 amide bonds. The van der Waals surface area contributed by atoms with Gasteiger partial charge in [0.15, 0.2) is 0 Å². The van der Waals surface area contributed by atoms with Crippen LogP contribution in [0.5, 0.6) is 0 Å². The Labute approximate surface area is 115 Å². The molecular weight excluding hydrogens is 238 g/mol. The van der Waals surface area contributed by atoms with E-state index in [9.17, 15) is 5.11 Å². The van der Waals surface area contributed by atoms with E-state index < -0.39 is 0 Å². The highest BCUT2D eigenvalue weighted by Gasteiger charge is 2.32. The molecule has 0 radical (unpaired) electrons. The summed E-state index contributed by atoms with van der Waals surface area (Å²) in [6.45, 7) is 7.04. The summed E-state index contributed by atoms with van der Waals surface area (Å²) in [4.78, 5) is 4.94. The maximum Gasteiger partial charge on any atom is 0.0831 e. The highest BCUT2D eigenvalue weighted by atomic mass is 16.3. The molecule has 0 spiro atoms. The van der Waals surface area contributed by atoms with Gasteiger partial charge >= 0.3 is 0 Å². The second-order valence-corrected chi connectivity index (χ2v) is 5.59. The molecule has 4 heteroatoms. The summed E-state index contributed by atoms with van der Waals surface area (Å²) in [6, 6.07) is 11.0. The summed E-state index contributed by atoms with van der Waals surface area (Å²) in [5.41, 5.74) is 1.39. The van der Waals surface area contributed by atoms with E-state index in [1.54, 1.807) is 0 Å². The van der Waals surface area contributed by atoms with Crippen LogP contribution in [-0.2, 0) is 6.54 Å². The molecule has 1 unspecified atom stereocenters. The zero-order chi connectivity index (χ0) is 13.1. The SMILES string of the molecule is O[C@@H]1CNCC1N1CCN(Cc2ccccc2)CC1. The molecule has 2 atom stereocenters. The first-order valence-electron chi connectivity index (χ1n) is 7.22. The maximum absolute atomic E-state index is 9.92. The monoisotopic (exact) mass is 261 g/mol. The Morgan fingerprint density at radius 2 is 1.79 bits per heavy atom. The van der Waals surface area contributed by atoms with Crippen molar-refractivity contribution < 1.29 is 5.11 Å². The van der Waals surface area contributed by atoms with Crippen LogP contribution in [0.4, 0.5) is 0 Å². The number of hydrogen-bond acceptors (Lipinski definition) is 4. The summed E-state index contributed by atoms with van der Waals surface area (Å²) < 4.78 is 0. The van der Waals surface area contributed by atoms with Gasteiger partial charge in [-0.15, -0.1) is 0 Å². The molecule has 4 nitrogen and oxygen atoms in total. The van der Waals surface area contributed by atoms with E-state index in [0.717, 1.165) is 45.8 Å². The molecule has 2 aliphatic rings. The summed E-state index contributed by atoms with van der Waals surface area (Å²) in [6.07, 6.45) is -0.194. The molecular formula is C15H23N3O. The topological polar surface area (TPSA) is 38.7 Å². The van der Waals surface area contributed by atoms with Gasteiger partial charge in [-0.2, -0.15) is 0 Å². The zero-order valence-corrected chi connectivity index (χ0v) is 11.3. The van der Waals surface area contributed by atoms with Crippen molar-refractivity contribution in [2.45, 2.75) is 18.7 Å². The van der Waals surface area contributed by atoms with Crippen LogP contribution in [0.3, 0.4) is 0 Å². The first kappa shape index (κ1) is 13.1. The Hall–Kier alpha value is -0.940. The second kappa shape index (κ2) is 6.01. The van der Waals surface area contributed by atoms with Gasteiger partial charge in [0.05, 0.1) is 6.10 Å². The van der Waals surface area contributed by atoms with E-state index in [2.05, 4.69) is 45.4 Å². The van der Waals surface area contributed by atoms with Crippen molar-refractivity contribution in [3.63, 3.8) is 0 Å². The highest BCUT2D eigenvalue weighted by Crippen LogP contribution is 2.14. The van der Waals surface area contributed by atoms with Gasteiger partial charge in [-0.25, -0.2) is 0 Å². The second-order valence-electron chi connectivity index (χ2n) is 5.59. The Kier molecular flexibility index (Phi) is 4.13. The van der Waals surface area contributed by atoms with Gasteiger partial charge < -0.3 is 10.4 Å². The average Bonchev–Trinajstić information content (AvgIpc) is 2.87. The number of aliphatic hydroxyl groups is 1. The van der Waals surface area contributed by atoms with Crippen molar-refractivity contribution >= 4 is 0 Å². The molecule has 0 saturated carbocycles. The van der Waals surface area contributed by atoms with Gasteiger partial charge in [-0.05, 0) is 5.56 Å². The average molecular weight is 261 g/mol. The lowest BCUT2D eigenvalue weighted by Crippen LogP contribution is -2.53. The highest BCUT2D eigenvalue weighted by molar-refractivity contribution is 5.14. The Bertz CT molecular complexity index is 390. The molecule has 2 N–H and O–H groups in total. The van der Waals surface area contributed by atoms with Gasteiger partial charge in [0.25, 0.3) is 0 Å². The fraction of sp³-hybridized carbons (Fsp3) is 0.600. The quantitative estimate of drug-likeness (QED) is 0.812. The summed E-state index contributed by atoms with van der Waals surface area (Å²) in [7, 11) is 0. The third-order valence-corrected chi connectivity index (χ3v) is 4.28. The van der Waals surface area contributed by atoms with Crippen molar-refractivity contribution in [2.24, 2.45) is 0 Å². The lowest BCUT2D eigenvalue weighted by molar-refractivity contribution is 0.0424. The Morgan fingerprint density at radius 1 is 1.05 bits per heavy atom. The van der Waals surface area contributed by atoms with E-state index in [0.29, 0.717) is 6.04 Å². The number of rotatable bonds is 3. The first-order chi connectivity index (χ1) is 9.33. The smallest absolute Gasteiger partial charge is 0.0831 e. The molecule has 2 aliphatic heterocycles. The number of aliphatic hydroxyl groups excluding tert-OH is 1. The van der Waals surface area contributed by atoms with Crippen LogP contribution in [-0.4, -0.2) is 66.3 Å². The van der Waals surface area contributed by atoms with Gasteiger partial charge in [0, 0.05) is 51.9 Å². The summed E-state index contributed by atoms with van der Waals surface area (Å²) in [5.74, 6) is 0. The lowest BCUT2D eigenvalue weighted by atomic mass is 10.1. The van der Waals surface area contributed by atoms with Crippen LogP contribution in [0.1, 0.15) is 5.56 Å². The summed E-state index contributed by atoms with van der Waals surface area (Å²) in [5, 5.41) is 13.2. The molecule has 19 heavy (non-hydrogen) atoms. The minimum absolute atomic E-state index is 0.194. The van der Waals surface area contributed by atoms with Crippen LogP contribution in [0, 0.1) is 0 Å². The van der Waals surface area contributed by atoms with Gasteiger partial charge in [-0.3, -0.25) is 9.80 Å². The molecule has 0 bridgehead atoms. The molecule has 1 aromatic rings. The molecule has 2 heterocycles. The number of nitrogens with zero attached hydrogens (tertiary/aromatic N) is 2. The predicted octanol–water partition coefficient (Wildman–Crippen LogP) is 0.137. The molecule has 104 valence electrons. The first-order valence-corrected chi connectivity index (χ1v) is 7.22. The van der Waals surface area contributed by atoms with E-state index in [1.807, 2.05) is 0 Å². The fourth-order valence-corrected chi connectivity index (χ4v) is 3.12. The zero-order valence-electron chi connectivity index (χ0n) is 11.3. The van der Waals surface area contributed by atoms with Gasteiger partial charge in [0.1, 0.15) is 0 Å². The normalized spacial score (nSPS) is 29.7. The number of hydrogen-bond donors (Lipinski definition) is 2. The molecule has 2 saturated heterocycles. The minimum Gasteiger partial charge on any atom is -0.390 e.